The number of alkyl halides is 1. The van der Waals surface area contributed by atoms with Crippen molar-refractivity contribution < 1.29 is 9.13 Å². The van der Waals surface area contributed by atoms with E-state index in [-0.39, 0.29) is 0 Å². The van der Waals surface area contributed by atoms with Crippen LogP contribution in [0.4, 0.5) is 4.39 Å². The average molecular weight is 359 g/mol. The lowest BCUT2D eigenvalue weighted by Gasteiger charge is -2.09. The van der Waals surface area contributed by atoms with Crippen molar-refractivity contribution in [1.82, 2.24) is 9.97 Å². The average Bonchev–Trinajstić information content (AvgIpc) is 2.67. The molecule has 2 rings (SSSR count). The Morgan fingerprint density at radius 3 is 2.31 bits per heavy atom. The minimum Gasteiger partial charge on any atom is -0.493 e. The topological polar surface area (TPSA) is 35.0 Å². The van der Waals surface area contributed by atoms with E-state index in [4.69, 9.17) is 4.74 Å². The first-order valence-electron chi connectivity index (χ1n) is 9.91. The van der Waals surface area contributed by atoms with Crippen LogP contribution in [0.2, 0.25) is 0 Å². The Labute approximate surface area is 157 Å². The van der Waals surface area contributed by atoms with Crippen LogP contribution in [0.3, 0.4) is 0 Å². The number of unbranched alkanes of at least 4 members (excludes halogenated alkanes) is 3. The van der Waals surface area contributed by atoms with Gasteiger partial charge >= 0.3 is 0 Å². The molecule has 0 bridgehead atoms. The predicted molar refractivity (Wildman–Crippen MR) is 105 cm³/mol. The molecule has 142 valence electrons. The van der Waals surface area contributed by atoms with E-state index in [0.717, 1.165) is 30.0 Å². The summed E-state index contributed by atoms with van der Waals surface area (Å²) in [6, 6.07) is 7.68. The van der Waals surface area contributed by atoms with Gasteiger partial charge in [0.25, 0.3) is 0 Å². The first-order valence-corrected chi connectivity index (χ1v) is 9.91. The van der Waals surface area contributed by atoms with Crippen LogP contribution < -0.4 is 4.74 Å². The normalized spacial score (nSPS) is 12.1. The zero-order chi connectivity index (χ0) is 18.6. The highest BCUT2D eigenvalue weighted by Crippen LogP contribution is 2.20. The summed E-state index contributed by atoms with van der Waals surface area (Å²) in [6.45, 7) is 4.62. The highest BCUT2D eigenvalue weighted by atomic mass is 19.1. The Morgan fingerprint density at radius 1 is 0.923 bits per heavy atom. The van der Waals surface area contributed by atoms with Gasteiger partial charge in [0.05, 0.1) is 6.61 Å². The smallest absolute Gasteiger partial charge is 0.159 e. The number of aryl methyl sites for hydroxylation is 1. The van der Waals surface area contributed by atoms with Crippen molar-refractivity contribution in [3.63, 3.8) is 0 Å². The van der Waals surface area contributed by atoms with E-state index in [1.165, 1.54) is 31.2 Å². The van der Waals surface area contributed by atoms with Crippen LogP contribution in [-0.2, 0) is 6.42 Å². The summed E-state index contributed by atoms with van der Waals surface area (Å²) in [6.07, 6.45) is 11.0. The molecule has 1 atom stereocenters. The molecule has 1 heterocycles. The molecule has 26 heavy (non-hydrogen) atoms. The fourth-order valence-electron chi connectivity index (χ4n) is 2.85. The van der Waals surface area contributed by atoms with Gasteiger partial charge in [0.15, 0.2) is 5.82 Å². The van der Waals surface area contributed by atoms with Crippen LogP contribution in [0, 0.1) is 0 Å². The van der Waals surface area contributed by atoms with E-state index >= 15 is 0 Å². The van der Waals surface area contributed by atoms with Gasteiger partial charge in [0.1, 0.15) is 11.9 Å². The summed E-state index contributed by atoms with van der Waals surface area (Å²) in [4.78, 5) is 8.96. The summed E-state index contributed by atoms with van der Waals surface area (Å²) in [5.74, 6) is 1.48. The molecule has 3 nitrogen and oxygen atoms in total. The van der Waals surface area contributed by atoms with Gasteiger partial charge in [-0.15, -0.1) is 0 Å². The standard InChI is InChI=1S/C22H31FN2O/c1-3-5-6-7-9-18-16-24-22(25-17-18)19-10-12-21(13-11-19)26-15-14-20(23)8-4-2/h10-13,16-17,20H,3-9,14-15H2,1-2H3. The molecule has 0 spiro atoms. The van der Waals surface area contributed by atoms with Crippen molar-refractivity contribution in [3.05, 3.63) is 42.2 Å². The molecule has 1 aromatic carbocycles. The van der Waals surface area contributed by atoms with Crippen molar-refractivity contribution in [2.75, 3.05) is 6.61 Å². The monoisotopic (exact) mass is 358 g/mol. The van der Waals surface area contributed by atoms with Gasteiger partial charge in [-0.1, -0.05) is 39.5 Å². The lowest BCUT2D eigenvalue weighted by atomic mass is 10.1. The van der Waals surface area contributed by atoms with Gasteiger partial charge in [0, 0.05) is 24.4 Å². The van der Waals surface area contributed by atoms with Crippen LogP contribution >= 0.6 is 0 Å². The molecule has 0 radical (unpaired) electrons. The maximum absolute atomic E-state index is 13.4. The maximum Gasteiger partial charge on any atom is 0.159 e. The van der Waals surface area contributed by atoms with Crippen molar-refractivity contribution in [1.29, 1.82) is 0 Å². The fraction of sp³-hybridized carbons (Fsp3) is 0.545. The lowest BCUT2D eigenvalue weighted by molar-refractivity contribution is 0.225. The maximum atomic E-state index is 13.4. The predicted octanol–water partition coefficient (Wildman–Crippen LogP) is 6.17. The molecule has 4 heteroatoms. The van der Waals surface area contributed by atoms with Crippen LogP contribution in [0.25, 0.3) is 11.4 Å². The van der Waals surface area contributed by atoms with E-state index < -0.39 is 6.17 Å². The van der Waals surface area contributed by atoms with Gasteiger partial charge < -0.3 is 4.74 Å². The number of halogens is 1. The highest BCUT2D eigenvalue weighted by Gasteiger charge is 2.06. The number of hydrogen-bond donors (Lipinski definition) is 0. The molecule has 0 fully saturated rings. The second-order valence-electron chi connectivity index (χ2n) is 6.77. The number of hydrogen-bond acceptors (Lipinski definition) is 3. The van der Waals surface area contributed by atoms with E-state index in [0.29, 0.717) is 19.4 Å². The first-order chi connectivity index (χ1) is 12.7. The van der Waals surface area contributed by atoms with Crippen LogP contribution in [0.5, 0.6) is 5.75 Å². The van der Waals surface area contributed by atoms with Crippen molar-refractivity contribution >= 4 is 0 Å². The van der Waals surface area contributed by atoms with Crippen LogP contribution in [0.1, 0.15) is 64.4 Å². The molecule has 0 saturated carbocycles. The Balaban J connectivity index is 1.81. The SMILES string of the molecule is CCCCCCc1cnc(-c2ccc(OCCC(F)CCC)cc2)nc1. The molecule has 0 amide bonds. The lowest BCUT2D eigenvalue weighted by Crippen LogP contribution is -2.07. The number of ether oxygens (including phenoxy) is 1. The molecule has 0 aliphatic carbocycles. The van der Waals surface area contributed by atoms with Crippen LogP contribution in [-0.4, -0.2) is 22.7 Å². The number of benzene rings is 1. The molecule has 1 unspecified atom stereocenters. The molecular weight excluding hydrogens is 327 g/mol. The first kappa shape index (κ1) is 20.3. The van der Waals surface area contributed by atoms with E-state index in [9.17, 15) is 4.39 Å². The minimum absolute atomic E-state index is 0.406. The zero-order valence-corrected chi connectivity index (χ0v) is 16.1. The minimum atomic E-state index is -0.770. The Kier molecular flexibility index (Phi) is 9.08. The summed E-state index contributed by atoms with van der Waals surface area (Å²) in [7, 11) is 0. The van der Waals surface area contributed by atoms with Crippen molar-refractivity contribution in [2.45, 2.75) is 71.4 Å². The van der Waals surface area contributed by atoms with E-state index in [1.807, 2.05) is 43.6 Å². The molecule has 0 aliphatic heterocycles. The Hall–Kier alpha value is -1.97. The van der Waals surface area contributed by atoms with Gasteiger partial charge in [-0.3, -0.25) is 0 Å². The molecule has 0 N–H and O–H groups in total. The van der Waals surface area contributed by atoms with Crippen LogP contribution in [0.15, 0.2) is 36.7 Å². The number of aromatic nitrogens is 2. The molecule has 2 aromatic rings. The summed E-state index contributed by atoms with van der Waals surface area (Å²) in [5.41, 5.74) is 2.15. The molecule has 1 aromatic heterocycles. The number of nitrogens with zero attached hydrogens (tertiary/aromatic N) is 2. The third kappa shape index (κ3) is 7.11. The summed E-state index contributed by atoms with van der Waals surface area (Å²) < 4.78 is 19.1. The third-order valence-corrected chi connectivity index (χ3v) is 4.44. The largest absolute Gasteiger partial charge is 0.493 e. The van der Waals surface area contributed by atoms with Gasteiger partial charge in [-0.25, -0.2) is 14.4 Å². The highest BCUT2D eigenvalue weighted by molar-refractivity contribution is 5.55. The third-order valence-electron chi connectivity index (χ3n) is 4.44. The molecular formula is C22H31FN2O. The summed E-state index contributed by atoms with van der Waals surface area (Å²) >= 11 is 0. The van der Waals surface area contributed by atoms with Gasteiger partial charge in [-0.2, -0.15) is 0 Å². The van der Waals surface area contributed by atoms with Crippen molar-refractivity contribution in [3.8, 4) is 17.1 Å². The Bertz CT molecular complexity index is 613. The Morgan fingerprint density at radius 2 is 1.65 bits per heavy atom. The molecule has 0 saturated heterocycles. The zero-order valence-electron chi connectivity index (χ0n) is 16.1. The quantitative estimate of drug-likeness (QED) is 0.425. The second kappa shape index (κ2) is 11.6. The number of rotatable bonds is 12. The van der Waals surface area contributed by atoms with Gasteiger partial charge in [-0.05, 0) is 49.1 Å². The van der Waals surface area contributed by atoms with Crippen molar-refractivity contribution in [2.24, 2.45) is 0 Å². The van der Waals surface area contributed by atoms with E-state index in [2.05, 4.69) is 16.9 Å². The summed E-state index contributed by atoms with van der Waals surface area (Å²) in [5, 5.41) is 0. The molecule has 0 aliphatic rings. The van der Waals surface area contributed by atoms with E-state index in [1.54, 1.807) is 0 Å². The van der Waals surface area contributed by atoms with Gasteiger partial charge in [0.2, 0.25) is 0 Å². The fourth-order valence-corrected chi connectivity index (χ4v) is 2.85. The second-order valence-corrected chi connectivity index (χ2v) is 6.77.